The Balaban J connectivity index is 0.00000441. The van der Waals surface area contributed by atoms with Crippen molar-refractivity contribution < 1.29 is 5.11 Å². The fourth-order valence-electron chi connectivity index (χ4n) is 2.93. The SMILES string of the molecule is CCCC(CCO)CN=C(NCC)NCC1CCCN1C.I. The van der Waals surface area contributed by atoms with Gasteiger partial charge in [0.1, 0.15) is 0 Å². The van der Waals surface area contributed by atoms with Gasteiger partial charge in [-0.25, -0.2) is 0 Å². The number of likely N-dealkylation sites (N-methyl/N-ethyl adjacent to an activating group) is 1. The number of hydrogen-bond donors (Lipinski definition) is 3. The van der Waals surface area contributed by atoms with Crippen molar-refractivity contribution in [3.8, 4) is 0 Å². The van der Waals surface area contributed by atoms with Crippen molar-refractivity contribution in [3.63, 3.8) is 0 Å². The molecule has 1 fully saturated rings. The zero-order chi connectivity index (χ0) is 15.5. The van der Waals surface area contributed by atoms with Gasteiger partial charge in [0.05, 0.1) is 0 Å². The zero-order valence-corrected chi connectivity index (χ0v) is 16.8. The predicted molar refractivity (Wildman–Crippen MR) is 105 cm³/mol. The summed E-state index contributed by atoms with van der Waals surface area (Å²) in [5.41, 5.74) is 0. The molecule has 0 saturated carbocycles. The van der Waals surface area contributed by atoms with E-state index in [0.717, 1.165) is 44.9 Å². The van der Waals surface area contributed by atoms with Crippen LogP contribution < -0.4 is 10.6 Å². The molecular formula is C16H35IN4O. The molecule has 1 rings (SSSR count). The van der Waals surface area contributed by atoms with Crippen molar-refractivity contribution in [1.82, 2.24) is 15.5 Å². The number of aliphatic hydroxyl groups is 1. The van der Waals surface area contributed by atoms with Crippen LogP contribution in [0.1, 0.15) is 46.0 Å². The van der Waals surface area contributed by atoms with Gasteiger partial charge < -0.3 is 20.6 Å². The molecule has 3 N–H and O–H groups in total. The Morgan fingerprint density at radius 2 is 2.09 bits per heavy atom. The van der Waals surface area contributed by atoms with Gasteiger partial charge in [0, 0.05) is 32.3 Å². The summed E-state index contributed by atoms with van der Waals surface area (Å²) >= 11 is 0. The van der Waals surface area contributed by atoms with Gasteiger partial charge in [0.15, 0.2) is 5.96 Å². The monoisotopic (exact) mass is 426 g/mol. The highest BCUT2D eigenvalue weighted by Crippen LogP contribution is 2.13. The number of rotatable bonds is 9. The Kier molecular flexibility index (Phi) is 13.3. The van der Waals surface area contributed by atoms with Crippen molar-refractivity contribution in [2.24, 2.45) is 10.9 Å². The molecule has 22 heavy (non-hydrogen) atoms. The number of halogens is 1. The van der Waals surface area contributed by atoms with E-state index in [-0.39, 0.29) is 30.6 Å². The van der Waals surface area contributed by atoms with Crippen LogP contribution in [0.3, 0.4) is 0 Å². The molecule has 1 heterocycles. The highest BCUT2D eigenvalue weighted by Gasteiger charge is 2.20. The van der Waals surface area contributed by atoms with Crippen LogP contribution in [0, 0.1) is 5.92 Å². The van der Waals surface area contributed by atoms with Gasteiger partial charge in [0.25, 0.3) is 0 Å². The lowest BCUT2D eigenvalue weighted by atomic mass is 10.0. The standard InChI is InChI=1S/C16H34N4O.HI/c1-4-7-14(9-11-21)12-18-16(17-5-2)19-13-15-8-6-10-20(15)3;/h14-15,21H,4-13H2,1-3H3,(H2,17,18,19);1H. The first-order valence-electron chi connectivity index (χ1n) is 8.54. The molecule has 0 bridgehead atoms. The smallest absolute Gasteiger partial charge is 0.191 e. The maximum atomic E-state index is 9.12. The van der Waals surface area contributed by atoms with Gasteiger partial charge in [-0.1, -0.05) is 13.3 Å². The van der Waals surface area contributed by atoms with Crippen LogP contribution in [0.2, 0.25) is 0 Å². The lowest BCUT2D eigenvalue weighted by Crippen LogP contribution is -2.44. The fourth-order valence-corrected chi connectivity index (χ4v) is 2.93. The molecular weight excluding hydrogens is 391 g/mol. The average molecular weight is 426 g/mol. The fraction of sp³-hybridized carbons (Fsp3) is 0.938. The molecule has 1 saturated heterocycles. The van der Waals surface area contributed by atoms with Gasteiger partial charge in [-0.05, 0) is 52.1 Å². The maximum absolute atomic E-state index is 9.12. The van der Waals surface area contributed by atoms with Crippen LogP contribution in [-0.2, 0) is 0 Å². The molecule has 0 radical (unpaired) electrons. The lowest BCUT2D eigenvalue weighted by Gasteiger charge is -2.21. The van der Waals surface area contributed by atoms with Crippen molar-refractivity contribution in [2.45, 2.75) is 52.0 Å². The minimum atomic E-state index is 0. The van der Waals surface area contributed by atoms with Gasteiger partial charge in [0.2, 0.25) is 0 Å². The van der Waals surface area contributed by atoms with Crippen LogP contribution in [0.5, 0.6) is 0 Å². The molecule has 0 spiro atoms. The first kappa shape index (κ1) is 21.9. The third kappa shape index (κ3) is 8.53. The summed E-state index contributed by atoms with van der Waals surface area (Å²) in [4.78, 5) is 7.12. The topological polar surface area (TPSA) is 59.9 Å². The molecule has 0 aromatic heterocycles. The summed E-state index contributed by atoms with van der Waals surface area (Å²) in [6, 6.07) is 0.623. The molecule has 1 aliphatic heterocycles. The summed E-state index contributed by atoms with van der Waals surface area (Å²) < 4.78 is 0. The van der Waals surface area contributed by atoms with Crippen molar-refractivity contribution >= 4 is 29.9 Å². The zero-order valence-electron chi connectivity index (χ0n) is 14.5. The van der Waals surface area contributed by atoms with E-state index < -0.39 is 0 Å². The van der Waals surface area contributed by atoms with E-state index in [4.69, 9.17) is 10.1 Å². The van der Waals surface area contributed by atoms with Gasteiger partial charge >= 0.3 is 0 Å². The maximum Gasteiger partial charge on any atom is 0.191 e. The summed E-state index contributed by atoms with van der Waals surface area (Å²) in [6.07, 6.45) is 5.70. The van der Waals surface area contributed by atoms with E-state index in [0.29, 0.717) is 12.0 Å². The second-order valence-electron chi connectivity index (χ2n) is 6.04. The minimum absolute atomic E-state index is 0. The molecule has 2 atom stereocenters. The Morgan fingerprint density at radius 1 is 1.32 bits per heavy atom. The number of guanidine groups is 1. The summed E-state index contributed by atoms with van der Waals surface area (Å²) in [5, 5.41) is 15.9. The van der Waals surface area contributed by atoms with E-state index in [1.807, 2.05) is 0 Å². The second kappa shape index (κ2) is 13.4. The average Bonchev–Trinajstić information content (AvgIpc) is 2.87. The highest BCUT2D eigenvalue weighted by molar-refractivity contribution is 14.0. The quantitative estimate of drug-likeness (QED) is 0.300. The molecule has 132 valence electrons. The van der Waals surface area contributed by atoms with Crippen LogP contribution in [-0.4, -0.2) is 61.8 Å². The summed E-state index contributed by atoms with van der Waals surface area (Å²) in [6.45, 7) is 8.38. The molecule has 2 unspecified atom stereocenters. The lowest BCUT2D eigenvalue weighted by molar-refractivity contribution is 0.253. The van der Waals surface area contributed by atoms with Crippen molar-refractivity contribution in [3.05, 3.63) is 0 Å². The van der Waals surface area contributed by atoms with Crippen LogP contribution in [0.15, 0.2) is 4.99 Å². The first-order valence-corrected chi connectivity index (χ1v) is 8.54. The van der Waals surface area contributed by atoms with E-state index in [1.54, 1.807) is 0 Å². The highest BCUT2D eigenvalue weighted by atomic mass is 127. The van der Waals surface area contributed by atoms with Crippen LogP contribution in [0.4, 0.5) is 0 Å². The number of aliphatic imine (C=N–C) groups is 1. The van der Waals surface area contributed by atoms with E-state index in [9.17, 15) is 0 Å². The molecule has 0 aromatic carbocycles. The Labute approximate surface area is 153 Å². The third-order valence-electron chi connectivity index (χ3n) is 4.26. The largest absolute Gasteiger partial charge is 0.396 e. The van der Waals surface area contributed by atoms with E-state index in [1.165, 1.54) is 19.4 Å². The molecule has 5 nitrogen and oxygen atoms in total. The van der Waals surface area contributed by atoms with Crippen LogP contribution >= 0.6 is 24.0 Å². The molecule has 0 aromatic rings. The number of likely N-dealkylation sites (tertiary alicyclic amines) is 1. The molecule has 0 aliphatic carbocycles. The number of aliphatic hydroxyl groups excluding tert-OH is 1. The van der Waals surface area contributed by atoms with Gasteiger partial charge in [-0.15, -0.1) is 24.0 Å². The van der Waals surface area contributed by atoms with E-state index >= 15 is 0 Å². The normalized spacial score (nSPS) is 20.5. The first-order chi connectivity index (χ1) is 10.2. The Morgan fingerprint density at radius 3 is 2.64 bits per heavy atom. The third-order valence-corrected chi connectivity index (χ3v) is 4.26. The Hall–Kier alpha value is -0.0800. The van der Waals surface area contributed by atoms with E-state index in [2.05, 4.69) is 36.4 Å². The minimum Gasteiger partial charge on any atom is -0.396 e. The number of nitrogens with zero attached hydrogens (tertiary/aromatic N) is 2. The number of nitrogens with one attached hydrogen (secondary N) is 2. The number of hydrogen-bond acceptors (Lipinski definition) is 3. The van der Waals surface area contributed by atoms with Crippen LogP contribution in [0.25, 0.3) is 0 Å². The van der Waals surface area contributed by atoms with Crippen molar-refractivity contribution in [1.29, 1.82) is 0 Å². The molecule has 1 aliphatic rings. The summed E-state index contributed by atoms with van der Waals surface area (Å²) in [5.74, 6) is 1.40. The Bertz CT molecular complexity index is 296. The van der Waals surface area contributed by atoms with Crippen molar-refractivity contribution in [2.75, 3.05) is 39.8 Å². The second-order valence-corrected chi connectivity index (χ2v) is 6.04. The van der Waals surface area contributed by atoms with Gasteiger partial charge in [-0.2, -0.15) is 0 Å². The molecule has 6 heteroatoms. The molecule has 0 amide bonds. The van der Waals surface area contributed by atoms with Gasteiger partial charge in [-0.3, -0.25) is 4.99 Å². The predicted octanol–water partition coefficient (Wildman–Crippen LogP) is 2.05. The summed E-state index contributed by atoms with van der Waals surface area (Å²) in [7, 11) is 2.20.